The third-order valence-electron chi connectivity index (χ3n) is 4.25. The Labute approximate surface area is 114 Å². The third-order valence-corrected chi connectivity index (χ3v) is 4.59. The molecule has 100 valence electrons. The van der Waals surface area contributed by atoms with Crippen LogP contribution in [0.5, 0.6) is 0 Å². The largest absolute Gasteiger partial charge is 0.396 e. The summed E-state index contributed by atoms with van der Waals surface area (Å²) >= 11 is 6.12. The van der Waals surface area contributed by atoms with Gasteiger partial charge in [0.25, 0.3) is 0 Å². The quantitative estimate of drug-likeness (QED) is 0.912. The van der Waals surface area contributed by atoms with E-state index in [0.29, 0.717) is 6.61 Å². The Morgan fingerprint density at radius 2 is 2.17 bits per heavy atom. The number of pyridine rings is 1. The molecule has 1 aromatic heterocycles. The van der Waals surface area contributed by atoms with Crippen LogP contribution in [0.4, 0.5) is 0 Å². The molecule has 0 amide bonds. The van der Waals surface area contributed by atoms with Crippen LogP contribution < -0.4 is 0 Å². The molecule has 0 atom stereocenters. The molecule has 0 bridgehead atoms. The van der Waals surface area contributed by atoms with Crippen molar-refractivity contribution in [2.24, 2.45) is 5.41 Å². The Balaban J connectivity index is 1.93. The number of piperidine rings is 1. The van der Waals surface area contributed by atoms with Gasteiger partial charge in [0.1, 0.15) is 0 Å². The van der Waals surface area contributed by atoms with Crippen molar-refractivity contribution in [2.45, 2.75) is 32.7 Å². The predicted octanol–water partition coefficient (Wildman–Crippen LogP) is 2.72. The van der Waals surface area contributed by atoms with Gasteiger partial charge in [-0.05, 0) is 49.4 Å². The molecule has 3 nitrogen and oxygen atoms in total. The van der Waals surface area contributed by atoms with E-state index in [2.05, 4.69) is 16.8 Å². The second kappa shape index (κ2) is 6.00. The molecule has 2 heterocycles. The maximum absolute atomic E-state index is 9.51. The lowest BCUT2D eigenvalue weighted by Crippen LogP contribution is -2.41. The van der Waals surface area contributed by atoms with Crippen molar-refractivity contribution in [1.82, 2.24) is 9.88 Å². The Kier molecular flexibility index (Phi) is 4.60. The van der Waals surface area contributed by atoms with Crippen molar-refractivity contribution in [3.8, 4) is 0 Å². The highest BCUT2D eigenvalue weighted by Gasteiger charge is 2.32. The second-order valence-electron chi connectivity index (χ2n) is 5.25. The summed E-state index contributed by atoms with van der Waals surface area (Å²) in [6.07, 6.45) is 6.69. The van der Waals surface area contributed by atoms with Gasteiger partial charge in [0.2, 0.25) is 0 Å². The molecular weight excluding hydrogens is 248 g/mol. The van der Waals surface area contributed by atoms with Crippen molar-refractivity contribution in [2.75, 3.05) is 19.7 Å². The van der Waals surface area contributed by atoms with Crippen molar-refractivity contribution in [3.05, 3.63) is 29.0 Å². The monoisotopic (exact) mass is 268 g/mol. The van der Waals surface area contributed by atoms with Crippen LogP contribution in [0.25, 0.3) is 0 Å². The molecule has 0 spiro atoms. The van der Waals surface area contributed by atoms with E-state index >= 15 is 0 Å². The molecule has 4 heteroatoms. The van der Waals surface area contributed by atoms with Crippen LogP contribution in [0.2, 0.25) is 5.02 Å². The highest BCUT2D eigenvalue weighted by Crippen LogP contribution is 2.34. The van der Waals surface area contributed by atoms with Gasteiger partial charge in [0, 0.05) is 25.5 Å². The number of hydrogen-bond donors (Lipinski definition) is 1. The van der Waals surface area contributed by atoms with E-state index in [1.54, 1.807) is 12.4 Å². The molecule has 0 unspecified atom stereocenters. The van der Waals surface area contributed by atoms with Crippen molar-refractivity contribution in [3.63, 3.8) is 0 Å². The summed E-state index contributed by atoms with van der Waals surface area (Å²) < 4.78 is 0. The average molecular weight is 269 g/mol. The first-order valence-electron chi connectivity index (χ1n) is 6.61. The Morgan fingerprint density at radius 1 is 1.44 bits per heavy atom. The van der Waals surface area contributed by atoms with E-state index in [1.807, 2.05) is 6.07 Å². The lowest BCUT2D eigenvalue weighted by atomic mass is 9.77. The van der Waals surface area contributed by atoms with Gasteiger partial charge in [-0.3, -0.25) is 9.88 Å². The van der Waals surface area contributed by atoms with Crippen LogP contribution in [0.3, 0.4) is 0 Å². The predicted molar refractivity (Wildman–Crippen MR) is 73.6 cm³/mol. The van der Waals surface area contributed by atoms with Gasteiger partial charge in [-0.2, -0.15) is 0 Å². The van der Waals surface area contributed by atoms with Crippen LogP contribution in [0.15, 0.2) is 18.5 Å². The highest BCUT2D eigenvalue weighted by atomic mass is 35.5. The molecule has 1 aliphatic rings. The summed E-state index contributed by atoms with van der Waals surface area (Å²) in [5.74, 6) is 0. The summed E-state index contributed by atoms with van der Waals surface area (Å²) in [5.41, 5.74) is 1.29. The van der Waals surface area contributed by atoms with Crippen LogP contribution in [0, 0.1) is 5.41 Å². The summed E-state index contributed by atoms with van der Waals surface area (Å²) in [5, 5.41) is 10.3. The summed E-state index contributed by atoms with van der Waals surface area (Å²) in [6, 6.07) is 1.98. The second-order valence-corrected chi connectivity index (χ2v) is 5.66. The summed E-state index contributed by atoms with van der Waals surface area (Å²) in [4.78, 5) is 6.41. The molecule has 1 aromatic rings. The first-order chi connectivity index (χ1) is 8.69. The number of halogens is 1. The molecule has 2 rings (SSSR count). The number of rotatable bonds is 4. The van der Waals surface area contributed by atoms with E-state index in [4.69, 9.17) is 11.6 Å². The highest BCUT2D eigenvalue weighted by molar-refractivity contribution is 6.31. The van der Waals surface area contributed by atoms with E-state index in [1.165, 1.54) is 0 Å². The van der Waals surface area contributed by atoms with E-state index < -0.39 is 0 Å². The van der Waals surface area contributed by atoms with Gasteiger partial charge in [0.05, 0.1) is 5.02 Å². The molecule has 1 N–H and O–H groups in total. The Bertz CT molecular complexity index is 383. The minimum atomic E-state index is 0.151. The number of nitrogens with zero attached hydrogens (tertiary/aromatic N) is 2. The maximum atomic E-state index is 9.51. The van der Waals surface area contributed by atoms with Crippen LogP contribution in [0.1, 0.15) is 31.7 Å². The van der Waals surface area contributed by atoms with Gasteiger partial charge in [-0.25, -0.2) is 0 Å². The zero-order chi connectivity index (χ0) is 13.0. The van der Waals surface area contributed by atoms with Crippen LogP contribution >= 0.6 is 11.6 Å². The number of aliphatic hydroxyl groups excluding tert-OH is 1. The first kappa shape index (κ1) is 13.8. The normalized spacial score (nSPS) is 19.9. The molecule has 0 saturated carbocycles. The molecule has 18 heavy (non-hydrogen) atoms. The minimum Gasteiger partial charge on any atom is -0.396 e. The van der Waals surface area contributed by atoms with Crippen molar-refractivity contribution in [1.29, 1.82) is 0 Å². The average Bonchev–Trinajstić information content (AvgIpc) is 2.43. The van der Waals surface area contributed by atoms with Gasteiger partial charge in [0.15, 0.2) is 0 Å². The zero-order valence-electron chi connectivity index (χ0n) is 10.9. The van der Waals surface area contributed by atoms with Crippen LogP contribution in [-0.4, -0.2) is 34.7 Å². The smallest absolute Gasteiger partial charge is 0.0634 e. The fourth-order valence-electron chi connectivity index (χ4n) is 2.58. The molecule has 0 aromatic carbocycles. The lowest BCUT2D eigenvalue weighted by molar-refractivity contribution is 0.0382. The minimum absolute atomic E-state index is 0.151. The summed E-state index contributed by atoms with van der Waals surface area (Å²) in [7, 11) is 0. The number of aromatic nitrogens is 1. The lowest BCUT2D eigenvalue weighted by Gasteiger charge is -2.40. The molecule has 0 radical (unpaired) electrons. The molecule has 1 saturated heterocycles. The van der Waals surface area contributed by atoms with Crippen molar-refractivity contribution >= 4 is 11.6 Å². The zero-order valence-corrected chi connectivity index (χ0v) is 11.7. The fourth-order valence-corrected chi connectivity index (χ4v) is 2.76. The number of hydrogen-bond acceptors (Lipinski definition) is 3. The van der Waals surface area contributed by atoms with Gasteiger partial charge < -0.3 is 5.11 Å². The van der Waals surface area contributed by atoms with Gasteiger partial charge in [-0.1, -0.05) is 18.5 Å². The van der Waals surface area contributed by atoms with E-state index in [-0.39, 0.29) is 5.41 Å². The molecule has 0 aliphatic carbocycles. The topological polar surface area (TPSA) is 36.4 Å². The molecule has 1 aliphatic heterocycles. The van der Waals surface area contributed by atoms with E-state index in [9.17, 15) is 5.11 Å². The third kappa shape index (κ3) is 3.02. The van der Waals surface area contributed by atoms with Crippen molar-refractivity contribution < 1.29 is 5.11 Å². The standard InChI is InChI=1S/C14H21ClN2O/c1-2-14(11-18)4-7-17(8-5-14)10-12-3-6-16-9-13(12)15/h3,6,9,18H,2,4-5,7-8,10-11H2,1H3. The SMILES string of the molecule is CCC1(CO)CCN(Cc2ccncc2Cl)CC1. The molecular formula is C14H21ClN2O. The van der Waals surface area contributed by atoms with E-state index in [0.717, 1.165) is 49.5 Å². The Hall–Kier alpha value is -0.640. The van der Waals surface area contributed by atoms with Crippen LogP contribution in [-0.2, 0) is 6.54 Å². The van der Waals surface area contributed by atoms with Gasteiger partial charge in [-0.15, -0.1) is 0 Å². The maximum Gasteiger partial charge on any atom is 0.0634 e. The Morgan fingerprint density at radius 3 is 2.72 bits per heavy atom. The van der Waals surface area contributed by atoms with Gasteiger partial charge >= 0.3 is 0 Å². The first-order valence-corrected chi connectivity index (χ1v) is 6.98. The number of aliphatic hydroxyl groups is 1. The molecule has 1 fully saturated rings. The summed E-state index contributed by atoms with van der Waals surface area (Å²) in [6.45, 7) is 5.44. The number of likely N-dealkylation sites (tertiary alicyclic amines) is 1. The fraction of sp³-hybridized carbons (Fsp3) is 0.643.